The average molecular weight is 368 g/mol. The zero-order valence-corrected chi connectivity index (χ0v) is 14.3. The fourth-order valence-electron chi connectivity index (χ4n) is 2.48. The van der Waals surface area contributed by atoms with Gasteiger partial charge in [-0.2, -0.15) is 0 Å². The van der Waals surface area contributed by atoms with Crippen molar-refractivity contribution in [2.24, 2.45) is 7.05 Å². The van der Waals surface area contributed by atoms with E-state index in [1.165, 1.54) is 19.2 Å². The molecule has 0 saturated carbocycles. The molecule has 3 aromatic rings. The van der Waals surface area contributed by atoms with E-state index in [9.17, 15) is 13.6 Å². The van der Waals surface area contributed by atoms with Crippen LogP contribution < -0.4 is 0 Å². The van der Waals surface area contributed by atoms with E-state index in [2.05, 4.69) is 0 Å². The Balaban J connectivity index is 2.24. The summed E-state index contributed by atoms with van der Waals surface area (Å²) >= 11 is 7.09. The first-order valence-electron chi connectivity index (χ1n) is 6.91. The molecule has 0 amide bonds. The number of nitrogens with zero attached hydrogens (tertiary/aromatic N) is 1. The minimum Gasteiger partial charge on any atom is -0.464 e. The number of rotatable bonds is 3. The summed E-state index contributed by atoms with van der Waals surface area (Å²) in [6.45, 7) is 0. The van der Waals surface area contributed by atoms with Crippen molar-refractivity contribution >= 4 is 40.2 Å². The highest BCUT2D eigenvalue weighted by atomic mass is 35.5. The normalized spacial score (nSPS) is 11.0. The number of benzene rings is 2. The smallest absolute Gasteiger partial charge is 0.355 e. The van der Waals surface area contributed by atoms with Crippen molar-refractivity contribution < 1.29 is 18.3 Å². The van der Waals surface area contributed by atoms with E-state index in [0.717, 1.165) is 23.3 Å². The topological polar surface area (TPSA) is 31.2 Å². The van der Waals surface area contributed by atoms with Gasteiger partial charge in [-0.1, -0.05) is 23.4 Å². The number of hydrogen-bond donors (Lipinski definition) is 0. The number of esters is 1. The third-order valence-corrected chi connectivity index (χ3v) is 5.00. The van der Waals surface area contributed by atoms with Crippen molar-refractivity contribution in [2.75, 3.05) is 7.11 Å². The Bertz CT molecular complexity index is 955. The van der Waals surface area contributed by atoms with Crippen LogP contribution in [0.2, 0.25) is 5.02 Å². The van der Waals surface area contributed by atoms with Crippen LogP contribution in [-0.4, -0.2) is 17.6 Å². The van der Waals surface area contributed by atoms with Crippen molar-refractivity contribution in [3.8, 4) is 0 Å². The highest BCUT2D eigenvalue weighted by Crippen LogP contribution is 2.40. The third-order valence-electron chi connectivity index (χ3n) is 3.60. The van der Waals surface area contributed by atoms with E-state index in [4.69, 9.17) is 16.3 Å². The predicted molar refractivity (Wildman–Crippen MR) is 89.7 cm³/mol. The molecule has 124 valence electrons. The van der Waals surface area contributed by atoms with E-state index in [0.29, 0.717) is 15.3 Å². The highest BCUT2D eigenvalue weighted by molar-refractivity contribution is 7.99. The van der Waals surface area contributed by atoms with Crippen LogP contribution in [0.1, 0.15) is 10.5 Å². The monoisotopic (exact) mass is 367 g/mol. The van der Waals surface area contributed by atoms with E-state index in [-0.39, 0.29) is 10.6 Å². The second-order valence-electron chi connectivity index (χ2n) is 5.07. The van der Waals surface area contributed by atoms with Gasteiger partial charge in [-0.15, -0.1) is 0 Å². The summed E-state index contributed by atoms with van der Waals surface area (Å²) in [5, 5.41) is 1.19. The Kier molecular flexibility index (Phi) is 4.51. The molecule has 0 radical (unpaired) electrons. The van der Waals surface area contributed by atoms with Gasteiger partial charge < -0.3 is 9.30 Å². The number of hydrogen-bond acceptors (Lipinski definition) is 3. The second kappa shape index (κ2) is 6.45. The van der Waals surface area contributed by atoms with Crippen molar-refractivity contribution in [3.05, 3.63) is 58.7 Å². The van der Waals surface area contributed by atoms with E-state index >= 15 is 0 Å². The molecule has 3 rings (SSSR count). The first kappa shape index (κ1) is 16.8. The van der Waals surface area contributed by atoms with E-state index in [1.54, 1.807) is 29.8 Å². The van der Waals surface area contributed by atoms with Crippen LogP contribution in [0.15, 0.2) is 46.2 Å². The van der Waals surface area contributed by atoms with Gasteiger partial charge in [0, 0.05) is 33.9 Å². The van der Waals surface area contributed by atoms with Crippen LogP contribution in [-0.2, 0) is 11.8 Å². The maximum Gasteiger partial charge on any atom is 0.355 e. The van der Waals surface area contributed by atoms with Gasteiger partial charge in [-0.05, 0) is 30.3 Å². The first-order valence-corrected chi connectivity index (χ1v) is 8.11. The highest BCUT2D eigenvalue weighted by Gasteiger charge is 2.23. The minimum atomic E-state index is -0.699. The van der Waals surface area contributed by atoms with Gasteiger partial charge in [0.1, 0.15) is 17.3 Å². The quantitative estimate of drug-likeness (QED) is 0.607. The summed E-state index contributed by atoms with van der Waals surface area (Å²) in [7, 11) is 2.99. The molecule has 0 aliphatic rings. The zero-order chi connectivity index (χ0) is 17.4. The Hall–Kier alpha value is -2.05. The molecule has 0 saturated heterocycles. The van der Waals surface area contributed by atoms with Gasteiger partial charge >= 0.3 is 5.97 Å². The SMILES string of the molecule is COC(=O)c1c(Sc2ccc(F)cc2F)c2cc(Cl)ccc2n1C. The maximum absolute atomic E-state index is 14.0. The maximum atomic E-state index is 14.0. The van der Waals surface area contributed by atoms with Gasteiger partial charge in [-0.3, -0.25) is 0 Å². The van der Waals surface area contributed by atoms with Crippen molar-refractivity contribution in [2.45, 2.75) is 9.79 Å². The molecule has 0 fully saturated rings. The molecule has 3 nitrogen and oxygen atoms in total. The Morgan fingerprint density at radius 3 is 2.62 bits per heavy atom. The lowest BCUT2D eigenvalue weighted by atomic mass is 10.2. The summed E-state index contributed by atoms with van der Waals surface area (Å²) in [5.41, 5.74) is 1.04. The van der Waals surface area contributed by atoms with Gasteiger partial charge in [0.05, 0.1) is 12.0 Å². The molecule has 0 N–H and O–H groups in total. The fourth-order valence-corrected chi connectivity index (χ4v) is 3.76. The largest absolute Gasteiger partial charge is 0.464 e. The van der Waals surface area contributed by atoms with Crippen LogP contribution in [0.3, 0.4) is 0 Å². The number of halogens is 3. The summed E-state index contributed by atoms with van der Waals surface area (Å²) in [5.74, 6) is -1.91. The predicted octanol–water partition coefficient (Wildman–Crippen LogP) is 5.05. The molecule has 0 spiro atoms. The molecule has 24 heavy (non-hydrogen) atoms. The molecule has 2 aromatic carbocycles. The minimum absolute atomic E-state index is 0.203. The molecule has 1 aromatic heterocycles. The van der Waals surface area contributed by atoms with Gasteiger partial charge in [0.2, 0.25) is 0 Å². The lowest BCUT2D eigenvalue weighted by molar-refractivity contribution is 0.0586. The van der Waals surface area contributed by atoms with Gasteiger partial charge in [-0.25, -0.2) is 13.6 Å². The summed E-state index contributed by atoms with van der Waals surface area (Å²) in [6, 6.07) is 8.49. The fraction of sp³-hybridized carbons (Fsp3) is 0.118. The van der Waals surface area contributed by atoms with Crippen LogP contribution in [0, 0.1) is 11.6 Å². The molecule has 7 heteroatoms. The Morgan fingerprint density at radius 1 is 1.21 bits per heavy atom. The van der Waals surface area contributed by atoms with E-state index < -0.39 is 17.6 Å². The van der Waals surface area contributed by atoms with Crippen LogP contribution in [0.25, 0.3) is 10.9 Å². The molecule has 0 aliphatic carbocycles. The number of aryl methyl sites for hydroxylation is 1. The third kappa shape index (κ3) is 2.87. The first-order chi connectivity index (χ1) is 11.4. The number of ether oxygens (including phenoxy) is 1. The Labute approximate surface area is 146 Å². The molecule has 0 aliphatic heterocycles. The standard InChI is InChI=1S/C17H12ClF2NO2S/c1-21-13-5-3-9(18)7-11(13)16(15(21)17(22)23-2)24-14-6-4-10(19)8-12(14)20/h3-8H,1-2H3. The molecule has 0 unspecified atom stereocenters. The Morgan fingerprint density at radius 2 is 1.96 bits per heavy atom. The summed E-state index contributed by atoms with van der Waals surface area (Å²) in [6.07, 6.45) is 0. The summed E-state index contributed by atoms with van der Waals surface area (Å²) in [4.78, 5) is 12.9. The molecular weight excluding hydrogens is 356 g/mol. The van der Waals surface area contributed by atoms with E-state index in [1.807, 2.05) is 0 Å². The number of carbonyl (C=O) groups is 1. The lowest BCUT2D eigenvalue weighted by Crippen LogP contribution is -2.08. The van der Waals surface area contributed by atoms with Gasteiger partial charge in [0.25, 0.3) is 0 Å². The number of aromatic nitrogens is 1. The molecule has 0 bridgehead atoms. The van der Waals surface area contributed by atoms with Crippen LogP contribution >= 0.6 is 23.4 Å². The molecule has 1 heterocycles. The molecule has 0 atom stereocenters. The molecular formula is C17H12ClF2NO2S. The average Bonchev–Trinajstić information content (AvgIpc) is 2.81. The number of carbonyl (C=O) groups excluding carboxylic acids is 1. The van der Waals surface area contributed by atoms with Crippen LogP contribution in [0.4, 0.5) is 8.78 Å². The van der Waals surface area contributed by atoms with Crippen molar-refractivity contribution in [3.63, 3.8) is 0 Å². The second-order valence-corrected chi connectivity index (χ2v) is 6.56. The zero-order valence-electron chi connectivity index (χ0n) is 12.8. The van der Waals surface area contributed by atoms with Crippen molar-refractivity contribution in [1.82, 2.24) is 4.57 Å². The number of fused-ring (bicyclic) bond motifs is 1. The number of methoxy groups -OCH3 is 1. The lowest BCUT2D eigenvalue weighted by Gasteiger charge is -2.06. The van der Waals surface area contributed by atoms with Gasteiger partial charge in [0.15, 0.2) is 0 Å². The van der Waals surface area contributed by atoms with Crippen LogP contribution in [0.5, 0.6) is 0 Å². The summed E-state index contributed by atoms with van der Waals surface area (Å²) < 4.78 is 33.7. The van der Waals surface area contributed by atoms with Crippen molar-refractivity contribution in [1.29, 1.82) is 0 Å².